The van der Waals surface area contributed by atoms with Crippen molar-refractivity contribution in [1.82, 2.24) is 0 Å². The van der Waals surface area contributed by atoms with Gasteiger partial charge >= 0.3 is 0 Å². The minimum Gasteiger partial charge on any atom is -0.311 e. The number of hydrogen-bond acceptors (Lipinski definition) is 1. The fourth-order valence-corrected chi connectivity index (χ4v) is 21.0. The van der Waals surface area contributed by atoms with E-state index < -0.39 is 24.2 Å². The van der Waals surface area contributed by atoms with Gasteiger partial charge in [0.05, 0.1) is 24.2 Å². The quantitative estimate of drug-likeness (QED) is 0.0514. The second-order valence-electron chi connectivity index (χ2n) is 18.0. The largest absolute Gasteiger partial charge is 0.311 e. The minimum atomic E-state index is -1.37. The lowest BCUT2D eigenvalue weighted by Gasteiger charge is -2.28. The van der Waals surface area contributed by atoms with E-state index in [9.17, 15) is 0 Å². The summed E-state index contributed by atoms with van der Waals surface area (Å²) in [6, 6.07) is 67.0. The van der Waals surface area contributed by atoms with Gasteiger partial charge in [-0.2, -0.15) is 0 Å². The van der Waals surface area contributed by atoms with E-state index in [-0.39, 0.29) is 0 Å². The fraction of sp³-hybridized carbons (Fsp3) is 0.300. The molecule has 0 saturated heterocycles. The first kappa shape index (κ1) is 48.4. The van der Waals surface area contributed by atoms with Crippen LogP contribution in [0.4, 0.5) is 17.1 Å². The van der Waals surface area contributed by atoms with Gasteiger partial charge in [0.15, 0.2) is 0 Å². The smallest absolute Gasteiger partial charge is 0.0859 e. The van der Waals surface area contributed by atoms with E-state index in [0.29, 0.717) is 0 Å². The molecule has 0 aliphatic carbocycles. The van der Waals surface area contributed by atoms with Crippen LogP contribution in [0.2, 0.25) is 54.4 Å². The van der Waals surface area contributed by atoms with Crippen LogP contribution in [0.15, 0.2) is 146 Å². The fourth-order valence-electron chi connectivity index (χ4n) is 10.2. The van der Waals surface area contributed by atoms with E-state index in [0.717, 1.165) is 17.1 Å². The molecule has 64 heavy (non-hydrogen) atoms. The molecular weight excluding hydrogens is 819 g/mol. The van der Waals surface area contributed by atoms with Crippen molar-refractivity contribution >= 4 is 93.3 Å². The van der Waals surface area contributed by atoms with Crippen molar-refractivity contribution < 1.29 is 0 Å². The maximum absolute atomic E-state index is 2.40. The van der Waals surface area contributed by atoms with E-state index in [2.05, 4.69) is 249 Å². The Balaban J connectivity index is 1.24. The summed E-state index contributed by atoms with van der Waals surface area (Å²) in [6.07, 6.45) is 13.5. The lowest BCUT2D eigenvalue weighted by atomic mass is 10.1. The lowest BCUT2D eigenvalue weighted by Crippen LogP contribution is -2.45. The van der Waals surface area contributed by atoms with Crippen LogP contribution < -0.4 is 20.5 Å². The van der Waals surface area contributed by atoms with Gasteiger partial charge in [0, 0.05) is 17.1 Å². The molecule has 0 radical (unpaired) electrons. The molecule has 6 aromatic carbocycles. The number of rotatable bonds is 21. The molecule has 6 aromatic rings. The van der Waals surface area contributed by atoms with Gasteiger partial charge in [-0.25, -0.2) is 0 Å². The van der Waals surface area contributed by atoms with Gasteiger partial charge in [0.1, 0.15) is 0 Å². The monoisotopic (exact) mass is 894 g/mol. The Morgan fingerprint density at radius 1 is 0.250 bits per heavy atom. The second kappa shape index (κ2) is 22.7. The molecule has 0 N–H and O–H groups in total. The molecule has 0 aliphatic rings. The average molecular weight is 895 g/mol. The molecule has 0 spiro atoms. The van der Waals surface area contributed by atoms with Crippen molar-refractivity contribution in [2.75, 3.05) is 4.90 Å². The number of hydrogen-bond donors (Lipinski definition) is 0. The molecule has 332 valence electrons. The van der Waals surface area contributed by atoms with Gasteiger partial charge in [0.2, 0.25) is 0 Å². The zero-order chi connectivity index (χ0) is 45.6. The number of nitrogens with zero attached hydrogens (tertiary/aromatic N) is 1. The van der Waals surface area contributed by atoms with Gasteiger partial charge in [-0.3, -0.25) is 0 Å². The van der Waals surface area contributed by atoms with Crippen LogP contribution >= 0.6 is 0 Å². The average Bonchev–Trinajstić information content (AvgIpc) is 3.36. The Kier molecular flexibility index (Phi) is 17.2. The maximum Gasteiger partial charge on any atom is 0.0859 e. The van der Waals surface area contributed by atoms with Gasteiger partial charge in [-0.15, -0.1) is 0 Å². The summed E-state index contributed by atoms with van der Waals surface area (Å²) < 4.78 is 0. The van der Waals surface area contributed by atoms with Crippen LogP contribution in [0.25, 0.3) is 36.5 Å². The van der Waals surface area contributed by atoms with Gasteiger partial charge in [-0.05, 0) is 69.8 Å². The molecule has 0 saturated carbocycles. The van der Waals surface area contributed by atoms with Crippen molar-refractivity contribution in [2.45, 2.75) is 117 Å². The van der Waals surface area contributed by atoms with E-state index in [1.54, 1.807) is 15.6 Å². The Labute approximate surface area is 391 Å². The molecule has 1 nitrogen and oxygen atoms in total. The third-order valence-corrected chi connectivity index (χ3v) is 32.4. The first-order valence-corrected chi connectivity index (χ1v) is 32.5. The second-order valence-corrected chi connectivity index (χ2v) is 33.8. The predicted molar refractivity (Wildman–Crippen MR) is 298 cm³/mol. The van der Waals surface area contributed by atoms with Crippen molar-refractivity contribution in [3.63, 3.8) is 0 Å². The topological polar surface area (TPSA) is 3.24 Å². The van der Waals surface area contributed by atoms with Crippen LogP contribution in [-0.4, -0.2) is 24.2 Å². The maximum atomic E-state index is 2.40. The van der Waals surface area contributed by atoms with Gasteiger partial charge in [0.25, 0.3) is 0 Å². The predicted octanol–water partition coefficient (Wildman–Crippen LogP) is 16.8. The Bertz CT molecular complexity index is 2110. The summed E-state index contributed by atoms with van der Waals surface area (Å²) in [5.74, 6) is 0. The number of anilines is 3. The molecule has 0 aliphatic heterocycles. The minimum absolute atomic E-state index is 1.13. The Morgan fingerprint density at radius 2 is 0.406 bits per heavy atom. The highest BCUT2D eigenvalue weighted by atomic mass is 28.3. The molecule has 0 amide bonds. The lowest BCUT2D eigenvalue weighted by molar-refractivity contribution is 1.19. The summed E-state index contributed by atoms with van der Waals surface area (Å²) in [4.78, 5) is 2.37. The highest BCUT2D eigenvalue weighted by Gasteiger charge is 2.30. The van der Waals surface area contributed by atoms with Crippen LogP contribution in [-0.2, 0) is 0 Å². The van der Waals surface area contributed by atoms with Crippen LogP contribution in [0.3, 0.4) is 0 Å². The van der Waals surface area contributed by atoms with Crippen LogP contribution in [0.1, 0.15) is 95.7 Å². The van der Waals surface area contributed by atoms with Crippen molar-refractivity contribution in [3.05, 3.63) is 179 Å². The van der Waals surface area contributed by atoms with E-state index in [1.165, 1.54) is 87.8 Å². The molecule has 0 heterocycles. The summed E-state index contributed by atoms with van der Waals surface area (Å²) in [5.41, 5.74) is 10.7. The SMILES string of the molecule is CC[Si](CC)(CC)c1ccc(C=Cc2ccc(N(c3ccc(C=Cc4ccc([Si](CC)(CC)CC)cc4)cc3)c3ccc(C=Cc4ccc([Si](CC)(CC)CC)cc4)cc3)cc2)cc1. The first-order valence-electron chi connectivity index (χ1n) is 24.6. The van der Waals surface area contributed by atoms with Gasteiger partial charge < -0.3 is 4.90 Å². The summed E-state index contributed by atoms with van der Waals surface area (Å²) in [7, 11) is -4.12. The Hall–Kier alpha value is -5.01. The molecule has 6 rings (SSSR count). The van der Waals surface area contributed by atoms with Crippen LogP contribution in [0, 0.1) is 0 Å². The van der Waals surface area contributed by atoms with E-state index in [4.69, 9.17) is 0 Å². The summed E-state index contributed by atoms with van der Waals surface area (Å²) in [6.45, 7) is 21.4. The third kappa shape index (κ3) is 11.1. The highest BCUT2D eigenvalue weighted by molar-refractivity contribution is 6.92. The molecule has 4 heteroatoms. The third-order valence-electron chi connectivity index (χ3n) is 15.5. The highest BCUT2D eigenvalue weighted by Crippen LogP contribution is 2.36. The van der Waals surface area contributed by atoms with Crippen molar-refractivity contribution in [2.24, 2.45) is 0 Å². The standard InChI is InChI=1S/C60H75NSi3/c1-10-62(11-2,12-3)58-43-31-52(32-44-58)22-19-49-25-37-55(38-26-49)61(56-39-27-50(28-40-56)20-23-53-33-45-59(46-34-53)63(13-4,14-5)15-6)57-41-29-51(30-42-57)21-24-54-35-47-60(48-36-54)64(16-7,17-8)18-9/h19-48H,10-18H2,1-9H3. The molecule has 0 unspecified atom stereocenters. The molecular formula is C60H75NSi3. The number of benzene rings is 6. The van der Waals surface area contributed by atoms with Crippen molar-refractivity contribution in [3.8, 4) is 0 Å². The summed E-state index contributed by atoms with van der Waals surface area (Å²) in [5, 5.41) is 4.78. The van der Waals surface area contributed by atoms with Gasteiger partial charge in [-0.1, -0.05) is 278 Å². The van der Waals surface area contributed by atoms with E-state index in [1.807, 2.05) is 0 Å². The van der Waals surface area contributed by atoms with E-state index >= 15 is 0 Å². The molecule has 0 bridgehead atoms. The molecule has 0 fully saturated rings. The molecule has 0 aromatic heterocycles. The van der Waals surface area contributed by atoms with Crippen LogP contribution in [0.5, 0.6) is 0 Å². The first-order chi connectivity index (χ1) is 31.2. The molecule has 0 atom stereocenters. The summed E-state index contributed by atoms with van der Waals surface area (Å²) >= 11 is 0. The van der Waals surface area contributed by atoms with Crippen molar-refractivity contribution in [1.29, 1.82) is 0 Å². The normalized spacial score (nSPS) is 12.5. The Morgan fingerprint density at radius 3 is 0.562 bits per heavy atom. The zero-order valence-electron chi connectivity index (χ0n) is 40.6. The zero-order valence-corrected chi connectivity index (χ0v) is 43.6.